The molecule has 0 heterocycles. The Bertz CT molecular complexity index is 119. The third-order valence-electron chi connectivity index (χ3n) is 1.81. The van der Waals surface area contributed by atoms with E-state index in [0.29, 0.717) is 11.7 Å². The molecule has 0 spiro atoms. The van der Waals surface area contributed by atoms with E-state index in [1.165, 1.54) is 0 Å². The molecule has 50 valence electrons. The second-order valence-corrected chi connectivity index (χ2v) is 2.68. The van der Waals surface area contributed by atoms with Gasteiger partial charge in [-0.3, -0.25) is 4.79 Å². The Morgan fingerprint density at radius 3 is 2.78 bits per heavy atom. The molecule has 1 rings (SSSR count). The highest BCUT2D eigenvalue weighted by Gasteiger charge is 2.24. The molecule has 0 atom stereocenters. The van der Waals surface area contributed by atoms with Crippen molar-refractivity contribution in [3.05, 3.63) is 12.7 Å². The molecule has 9 heavy (non-hydrogen) atoms. The minimum Gasteiger partial charge on any atom is -0.300 e. The van der Waals surface area contributed by atoms with Gasteiger partial charge in [0, 0.05) is 12.8 Å². The van der Waals surface area contributed by atoms with Crippen molar-refractivity contribution in [2.45, 2.75) is 25.7 Å². The molecule has 1 fully saturated rings. The number of ketones is 1. The molecular weight excluding hydrogens is 112 g/mol. The number of hydrogen-bond donors (Lipinski definition) is 0. The highest BCUT2D eigenvalue weighted by molar-refractivity contribution is 5.84. The lowest BCUT2D eigenvalue weighted by atomic mass is 9.81. The lowest BCUT2D eigenvalue weighted by Gasteiger charge is -2.22. The predicted octanol–water partition coefficient (Wildman–Crippen LogP) is 1.93. The van der Waals surface area contributed by atoms with Crippen LogP contribution in [0.4, 0.5) is 0 Å². The summed E-state index contributed by atoms with van der Waals surface area (Å²) in [7, 11) is 0. The fraction of sp³-hybridized carbons (Fsp3) is 0.625. The lowest BCUT2D eigenvalue weighted by molar-refractivity contribution is -0.126. The Labute approximate surface area is 55.8 Å². The normalized spacial score (nSPS) is 19.3. The number of carbonyl (C=O) groups is 1. The molecule has 1 saturated carbocycles. The zero-order valence-electron chi connectivity index (χ0n) is 5.60. The van der Waals surface area contributed by atoms with Gasteiger partial charge in [-0.25, -0.2) is 0 Å². The smallest absolute Gasteiger partial charge is 0.133 e. The van der Waals surface area contributed by atoms with Crippen molar-refractivity contribution >= 4 is 5.78 Å². The average molecular weight is 124 g/mol. The van der Waals surface area contributed by atoms with Gasteiger partial charge >= 0.3 is 0 Å². The van der Waals surface area contributed by atoms with E-state index in [0.717, 1.165) is 25.7 Å². The minimum atomic E-state index is 0.434. The third kappa shape index (κ3) is 1.67. The second kappa shape index (κ2) is 2.81. The molecular formula is C8H12O. The molecule has 0 N–H and O–H groups in total. The van der Waals surface area contributed by atoms with Gasteiger partial charge in [0.15, 0.2) is 0 Å². The Kier molecular flexibility index (Phi) is 2.04. The lowest BCUT2D eigenvalue weighted by Crippen LogP contribution is -2.22. The molecule has 1 heteroatoms. The van der Waals surface area contributed by atoms with Crippen LogP contribution in [0.3, 0.4) is 0 Å². The van der Waals surface area contributed by atoms with Crippen LogP contribution in [-0.4, -0.2) is 5.78 Å². The van der Waals surface area contributed by atoms with Gasteiger partial charge in [0.2, 0.25) is 0 Å². The van der Waals surface area contributed by atoms with E-state index in [-0.39, 0.29) is 0 Å². The Balaban J connectivity index is 2.03. The topological polar surface area (TPSA) is 17.1 Å². The Morgan fingerprint density at radius 2 is 2.33 bits per heavy atom. The zero-order chi connectivity index (χ0) is 6.69. The summed E-state index contributed by atoms with van der Waals surface area (Å²) in [4.78, 5) is 10.4. The summed E-state index contributed by atoms with van der Waals surface area (Å²) < 4.78 is 0. The number of carbonyl (C=O) groups excluding carboxylic acids is 1. The fourth-order valence-corrected chi connectivity index (χ4v) is 1.14. The van der Waals surface area contributed by atoms with Gasteiger partial charge in [-0.05, 0) is 18.8 Å². The molecule has 1 nitrogen and oxygen atoms in total. The van der Waals surface area contributed by atoms with Gasteiger partial charge in [-0.2, -0.15) is 0 Å². The monoisotopic (exact) mass is 124 g/mol. The quantitative estimate of drug-likeness (QED) is 0.525. The van der Waals surface area contributed by atoms with Gasteiger partial charge in [0.05, 0.1) is 0 Å². The molecule has 0 aromatic heterocycles. The molecule has 0 unspecified atom stereocenters. The van der Waals surface area contributed by atoms with E-state index in [1.54, 1.807) is 0 Å². The van der Waals surface area contributed by atoms with Crippen molar-refractivity contribution in [3.8, 4) is 0 Å². The maximum atomic E-state index is 10.4. The maximum Gasteiger partial charge on any atom is 0.133 e. The van der Waals surface area contributed by atoms with E-state index >= 15 is 0 Å². The van der Waals surface area contributed by atoms with Crippen LogP contribution in [0.1, 0.15) is 25.7 Å². The summed E-state index contributed by atoms with van der Waals surface area (Å²) >= 11 is 0. The Morgan fingerprint density at radius 1 is 1.67 bits per heavy atom. The highest BCUT2D eigenvalue weighted by Crippen LogP contribution is 2.26. The first-order valence-electron chi connectivity index (χ1n) is 3.45. The first-order chi connectivity index (χ1) is 4.33. The van der Waals surface area contributed by atoms with Gasteiger partial charge in [0.1, 0.15) is 5.78 Å². The fourth-order valence-electron chi connectivity index (χ4n) is 1.14. The summed E-state index contributed by atoms with van der Waals surface area (Å²) in [6.07, 6.45) is 5.80. The molecule has 0 aromatic rings. The second-order valence-electron chi connectivity index (χ2n) is 2.68. The average Bonchev–Trinajstić information content (AvgIpc) is 1.78. The van der Waals surface area contributed by atoms with Crippen LogP contribution in [0.5, 0.6) is 0 Å². The zero-order valence-corrected chi connectivity index (χ0v) is 5.60. The first kappa shape index (κ1) is 6.53. The van der Waals surface area contributed by atoms with Crippen LogP contribution in [0.25, 0.3) is 0 Å². The van der Waals surface area contributed by atoms with Crippen LogP contribution in [0, 0.1) is 5.92 Å². The van der Waals surface area contributed by atoms with Crippen LogP contribution < -0.4 is 0 Å². The van der Waals surface area contributed by atoms with E-state index in [1.807, 2.05) is 6.08 Å². The summed E-state index contributed by atoms with van der Waals surface area (Å²) in [6, 6.07) is 0. The molecule has 0 amide bonds. The van der Waals surface area contributed by atoms with Gasteiger partial charge in [-0.15, -0.1) is 6.58 Å². The largest absolute Gasteiger partial charge is 0.300 e. The summed E-state index contributed by atoms with van der Waals surface area (Å²) in [5, 5.41) is 0. The number of Topliss-reactive ketones (excluding diaryl/α,β-unsaturated/α-hetero) is 1. The minimum absolute atomic E-state index is 0.434. The van der Waals surface area contributed by atoms with Crippen molar-refractivity contribution in [3.63, 3.8) is 0 Å². The molecule has 1 aliphatic rings. The van der Waals surface area contributed by atoms with Crippen molar-refractivity contribution in [2.75, 3.05) is 0 Å². The summed E-state index contributed by atoms with van der Waals surface area (Å²) in [5.74, 6) is 1.12. The van der Waals surface area contributed by atoms with Gasteiger partial charge in [0.25, 0.3) is 0 Å². The van der Waals surface area contributed by atoms with Crippen LogP contribution in [0.2, 0.25) is 0 Å². The molecule has 0 radical (unpaired) electrons. The maximum absolute atomic E-state index is 10.4. The molecule has 0 aromatic carbocycles. The van der Waals surface area contributed by atoms with E-state index < -0.39 is 0 Å². The van der Waals surface area contributed by atoms with Crippen LogP contribution >= 0.6 is 0 Å². The Hall–Kier alpha value is -0.590. The van der Waals surface area contributed by atoms with Crippen molar-refractivity contribution in [1.82, 2.24) is 0 Å². The molecule has 0 bridgehead atoms. The molecule has 0 aliphatic heterocycles. The van der Waals surface area contributed by atoms with Crippen molar-refractivity contribution in [2.24, 2.45) is 5.92 Å². The molecule has 0 saturated heterocycles. The van der Waals surface area contributed by atoms with Gasteiger partial charge < -0.3 is 0 Å². The van der Waals surface area contributed by atoms with Gasteiger partial charge in [-0.1, -0.05) is 6.08 Å². The standard InChI is InChI=1S/C8H12O/c1-2-3-4-7-5-8(9)6-7/h2,7H,1,3-6H2. The van der Waals surface area contributed by atoms with E-state index in [4.69, 9.17) is 0 Å². The molecule has 1 aliphatic carbocycles. The van der Waals surface area contributed by atoms with Crippen LogP contribution in [0.15, 0.2) is 12.7 Å². The third-order valence-corrected chi connectivity index (χ3v) is 1.81. The van der Waals surface area contributed by atoms with Crippen molar-refractivity contribution < 1.29 is 4.79 Å². The number of allylic oxidation sites excluding steroid dienone is 1. The SMILES string of the molecule is C=CCCC1CC(=O)C1. The highest BCUT2D eigenvalue weighted by atomic mass is 16.1. The van der Waals surface area contributed by atoms with Crippen LogP contribution in [-0.2, 0) is 4.79 Å². The summed E-state index contributed by atoms with van der Waals surface area (Å²) in [5.41, 5.74) is 0. The predicted molar refractivity (Wildman–Crippen MR) is 37.2 cm³/mol. The summed E-state index contributed by atoms with van der Waals surface area (Å²) in [6.45, 7) is 3.63. The van der Waals surface area contributed by atoms with Crippen molar-refractivity contribution in [1.29, 1.82) is 0 Å². The number of rotatable bonds is 3. The van der Waals surface area contributed by atoms with E-state index in [9.17, 15) is 4.79 Å². The first-order valence-corrected chi connectivity index (χ1v) is 3.45. The number of hydrogen-bond acceptors (Lipinski definition) is 1. The van der Waals surface area contributed by atoms with E-state index in [2.05, 4.69) is 6.58 Å².